The summed E-state index contributed by atoms with van der Waals surface area (Å²) in [7, 11) is 4.03. The minimum atomic E-state index is -0.845. The lowest BCUT2D eigenvalue weighted by Gasteiger charge is -2.01. The summed E-state index contributed by atoms with van der Waals surface area (Å²) < 4.78 is 0. The number of hydrogen-bond donors (Lipinski definition) is 1. The Hall–Kier alpha value is -0.360. The number of carbonyl (C=O) groups is 1. The maximum Gasteiger partial charge on any atom is 0.330 e. The molecule has 0 atom stereocenters. The molecule has 0 saturated heterocycles. The molecule has 4 heteroatoms. The molecule has 84 valence electrons. The maximum absolute atomic E-state index is 9.86. The lowest BCUT2D eigenvalue weighted by Crippen LogP contribution is -2.09. The molecule has 0 fully saturated rings. The first kappa shape index (κ1) is 19.2. The number of rotatable bonds is 3. The van der Waals surface area contributed by atoms with Crippen molar-refractivity contribution in [3.63, 3.8) is 0 Å². The van der Waals surface area contributed by atoms with E-state index >= 15 is 0 Å². The Labute approximate surface area is 104 Å². The van der Waals surface area contributed by atoms with Gasteiger partial charge in [0, 0.05) is 12.1 Å². The predicted octanol–water partition coefficient (Wildman–Crippen LogP) is 2.39. The second-order valence-corrected chi connectivity index (χ2v) is 2.83. The molecule has 0 aromatic rings. The van der Waals surface area contributed by atoms with Crippen molar-refractivity contribution >= 4 is 29.9 Å². The molecule has 0 aliphatic rings. The number of hydrogen-bond acceptors (Lipinski definition) is 2. The van der Waals surface area contributed by atoms with Crippen LogP contribution in [-0.2, 0) is 4.79 Å². The van der Waals surface area contributed by atoms with E-state index in [2.05, 4.69) is 11.5 Å². The minimum absolute atomic E-state index is 0. The van der Waals surface area contributed by atoms with Crippen LogP contribution in [0.3, 0.4) is 0 Å². The van der Waals surface area contributed by atoms with Gasteiger partial charge in [0.25, 0.3) is 0 Å². The highest BCUT2D eigenvalue weighted by Crippen LogP contribution is 1.87. The molecule has 0 saturated carbocycles. The fraction of sp³-hybridized carbons (Fsp3) is 0.500. The molecule has 0 spiro atoms. The average Bonchev–Trinajstić information content (AvgIpc) is 2.03. The quantitative estimate of drug-likeness (QED) is 0.494. The van der Waals surface area contributed by atoms with E-state index in [9.17, 15) is 4.79 Å². The summed E-state index contributed by atoms with van der Waals surface area (Å²) in [6, 6.07) is 0. The average molecular weight is 313 g/mol. The van der Waals surface area contributed by atoms with E-state index < -0.39 is 5.97 Å². The number of halogens is 1. The summed E-state index contributed by atoms with van der Waals surface area (Å²) in [5.74, 6) is -0.845. The lowest BCUT2D eigenvalue weighted by molar-refractivity contribution is -0.132. The van der Waals surface area contributed by atoms with Crippen molar-refractivity contribution in [2.24, 2.45) is 0 Å². The standard InChI is InChI=1S/C5H11N.C5H8O2.HI/c1-4-5-6(2)3;1-3-4(2)5(6)7;/h4H,1,5H2,2-3H3;3H,1-2H3,(H,6,7);1H. The summed E-state index contributed by atoms with van der Waals surface area (Å²) in [4.78, 5) is 11.9. The van der Waals surface area contributed by atoms with Crippen LogP contribution in [0.15, 0.2) is 24.3 Å². The van der Waals surface area contributed by atoms with Gasteiger partial charge in [-0.15, -0.1) is 30.6 Å². The molecule has 0 heterocycles. The van der Waals surface area contributed by atoms with Crippen LogP contribution in [0.2, 0.25) is 0 Å². The van der Waals surface area contributed by atoms with E-state index in [0.717, 1.165) is 6.54 Å². The smallest absolute Gasteiger partial charge is 0.330 e. The largest absolute Gasteiger partial charge is 0.478 e. The minimum Gasteiger partial charge on any atom is -0.478 e. The van der Waals surface area contributed by atoms with Gasteiger partial charge >= 0.3 is 5.97 Å². The second-order valence-electron chi connectivity index (χ2n) is 2.83. The third-order valence-corrected chi connectivity index (χ3v) is 1.26. The van der Waals surface area contributed by atoms with Gasteiger partial charge in [0.2, 0.25) is 0 Å². The number of nitrogens with zero attached hydrogens (tertiary/aromatic N) is 1. The second kappa shape index (κ2) is 12.6. The first-order valence-corrected chi connectivity index (χ1v) is 4.07. The van der Waals surface area contributed by atoms with Crippen LogP contribution in [-0.4, -0.2) is 36.6 Å². The molecule has 14 heavy (non-hydrogen) atoms. The summed E-state index contributed by atoms with van der Waals surface area (Å²) in [6.45, 7) is 7.79. The van der Waals surface area contributed by atoms with Crippen molar-refractivity contribution < 1.29 is 9.90 Å². The van der Waals surface area contributed by atoms with Crippen molar-refractivity contribution in [1.82, 2.24) is 4.90 Å². The monoisotopic (exact) mass is 313 g/mol. The molecule has 3 nitrogen and oxygen atoms in total. The molecular weight excluding hydrogens is 293 g/mol. The van der Waals surface area contributed by atoms with Crippen molar-refractivity contribution in [3.8, 4) is 0 Å². The van der Waals surface area contributed by atoms with Crippen molar-refractivity contribution in [1.29, 1.82) is 0 Å². The Morgan fingerprint density at radius 3 is 1.93 bits per heavy atom. The van der Waals surface area contributed by atoms with E-state index in [0.29, 0.717) is 5.57 Å². The molecular formula is C10H20INO2. The van der Waals surface area contributed by atoms with Gasteiger partial charge in [-0.1, -0.05) is 12.2 Å². The van der Waals surface area contributed by atoms with Gasteiger partial charge in [-0.2, -0.15) is 0 Å². The zero-order valence-electron chi connectivity index (χ0n) is 9.28. The van der Waals surface area contributed by atoms with Crippen LogP contribution in [0.25, 0.3) is 0 Å². The maximum atomic E-state index is 9.86. The SMILES string of the molecule is C=CCN(C)C.CC=C(C)C(=O)O.I. The molecule has 0 unspecified atom stereocenters. The van der Waals surface area contributed by atoms with Crippen molar-refractivity contribution in [2.75, 3.05) is 20.6 Å². The summed E-state index contributed by atoms with van der Waals surface area (Å²) in [5, 5.41) is 8.11. The van der Waals surface area contributed by atoms with E-state index in [1.165, 1.54) is 0 Å². The van der Waals surface area contributed by atoms with Gasteiger partial charge in [0.1, 0.15) is 0 Å². The molecule has 0 aromatic heterocycles. The fourth-order valence-electron chi connectivity index (χ4n) is 0.382. The van der Waals surface area contributed by atoms with Crippen LogP contribution >= 0.6 is 24.0 Å². The van der Waals surface area contributed by atoms with E-state index in [-0.39, 0.29) is 24.0 Å². The Morgan fingerprint density at radius 2 is 1.93 bits per heavy atom. The van der Waals surface area contributed by atoms with E-state index in [1.807, 2.05) is 20.2 Å². The predicted molar refractivity (Wildman–Crippen MR) is 71.2 cm³/mol. The van der Waals surface area contributed by atoms with Gasteiger partial charge in [0.05, 0.1) is 0 Å². The number of carboxylic acids is 1. The molecule has 0 rings (SSSR count). The number of likely N-dealkylation sites (N-methyl/N-ethyl adjacent to an activating group) is 1. The van der Waals surface area contributed by atoms with Crippen LogP contribution < -0.4 is 0 Å². The summed E-state index contributed by atoms with van der Waals surface area (Å²) in [6.07, 6.45) is 3.43. The first-order valence-electron chi connectivity index (χ1n) is 4.07. The Morgan fingerprint density at radius 1 is 1.50 bits per heavy atom. The van der Waals surface area contributed by atoms with Crippen LogP contribution in [0.4, 0.5) is 0 Å². The van der Waals surface area contributed by atoms with Gasteiger partial charge < -0.3 is 10.0 Å². The first-order chi connectivity index (χ1) is 5.95. The van der Waals surface area contributed by atoms with E-state index in [1.54, 1.807) is 19.9 Å². The Bertz CT molecular complexity index is 189. The highest BCUT2D eigenvalue weighted by atomic mass is 127. The van der Waals surface area contributed by atoms with Crippen LogP contribution in [0.1, 0.15) is 13.8 Å². The zero-order chi connectivity index (χ0) is 10.9. The molecule has 0 bridgehead atoms. The van der Waals surface area contributed by atoms with Gasteiger partial charge in [-0.05, 0) is 27.9 Å². The normalized spacial score (nSPS) is 9.64. The molecule has 0 radical (unpaired) electrons. The lowest BCUT2D eigenvalue weighted by atomic mass is 10.3. The molecule has 0 aliphatic carbocycles. The van der Waals surface area contributed by atoms with Crippen molar-refractivity contribution in [3.05, 3.63) is 24.3 Å². The number of aliphatic carboxylic acids is 1. The van der Waals surface area contributed by atoms with Crippen molar-refractivity contribution in [2.45, 2.75) is 13.8 Å². The molecule has 1 N–H and O–H groups in total. The molecule has 0 aliphatic heterocycles. The third kappa shape index (κ3) is 17.7. The van der Waals surface area contributed by atoms with Gasteiger partial charge in [-0.25, -0.2) is 4.79 Å². The topological polar surface area (TPSA) is 40.5 Å². The molecule has 0 aromatic carbocycles. The fourth-order valence-corrected chi connectivity index (χ4v) is 0.382. The number of allylic oxidation sites excluding steroid dienone is 1. The van der Waals surface area contributed by atoms with E-state index in [4.69, 9.17) is 5.11 Å². The summed E-state index contributed by atoms with van der Waals surface area (Å²) in [5.41, 5.74) is 0.389. The third-order valence-electron chi connectivity index (χ3n) is 1.26. The highest BCUT2D eigenvalue weighted by molar-refractivity contribution is 14.0. The summed E-state index contributed by atoms with van der Waals surface area (Å²) >= 11 is 0. The Balaban J connectivity index is -0.000000163. The number of carboxylic acid groups (broad SMARTS) is 1. The Kier molecular flexibility index (Phi) is 17.4. The van der Waals surface area contributed by atoms with Gasteiger partial charge in [0.15, 0.2) is 0 Å². The molecule has 0 amide bonds. The van der Waals surface area contributed by atoms with Crippen LogP contribution in [0, 0.1) is 0 Å². The van der Waals surface area contributed by atoms with Gasteiger partial charge in [-0.3, -0.25) is 0 Å². The van der Waals surface area contributed by atoms with Crippen LogP contribution in [0.5, 0.6) is 0 Å². The highest BCUT2D eigenvalue weighted by Gasteiger charge is 1.93. The zero-order valence-corrected chi connectivity index (χ0v) is 11.6.